The standard InChI is InChI=1S/2C26H22ClN3O6S.Ba/c2*1-3-17-20(27)13-16(14-23(17)37(33,34)35)29-30-24-18-9-5-4-8-15(18)12-19(25(24)31)26(32)28-21-10-6-7-11-22(21)36-2;/h2*4-14,31H,3H2,1-2H3,(H,28,32)(H,33,34,35);/q;;+2/p-2. The number of hydrogen-bond donors (Lipinski definition) is 4. The van der Waals surface area contributed by atoms with Crippen LogP contribution in [0.4, 0.5) is 34.1 Å². The zero-order chi connectivity index (χ0) is 53.5. The number of anilines is 1. The Morgan fingerprint density at radius 1 is 0.627 bits per heavy atom. The number of aromatic hydroxyl groups is 1. The second-order valence-electron chi connectivity index (χ2n) is 15.8. The number of hydrogen-bond acceptors (Lipinski definition) is 15. The minimum atomic E-state index is -4.59. The van der Waals surface area contributed by atoms with E-state index in [0.717, 1.165) is 12.1 Å². The molecular weight excluding hydrogens is 1170 g/mol. The molecule has 0 spiro atoms. The molecule has 0 bridgehead atoms. The van der Waals surface area contributed by atoms with Gasteiger partial charge in [-0.25, -0.2) is 0 Å². The van der Waals surface area contributed by atoms with E-state index in [1.54, 1.807) is 111 Å². The van der Waals surface area contributed by atoms with Gasteiger partial charge in [0.2, 0.25) is 0 Å². The van der Waals surface area contributed by atoms with Crippen LogP contribution in [0.1, 0.15) is 40.9 Å². The fourth-order valence-electron chi connectivity index (χ4n) is 7.66. The quantitative estimate of drug-likeness (QED) is 0.0260. The van der Waals surface area contributed by atoms with Crippen molar-refractivity contribution < 1.29 is 55.5 Å². The van der Waals surface area contributed by atoms with Gasteiger partial charge in [0.25, 0.3) is 26.1 Å². The summed E-state index contributed by atoms with van der Waals surface area (Å²) in [7, 11) is -6.23. The third-order valence-electron chi connectivity index (χ3n) is 11.2. The first-order valence-corrected chi connectivity index (χ1v) is 25.7. The Hall–Kier alpha value is -6.41. The molecule has 0 atom stereocenters. The molecule has 0 saturated carbocycles. The van der Waals surface area contributed by atoms with Gasteiger partial charge in [-0.15, -0.1) is 5.11 Å². The number of phenols is 1. The monoisotopic (exact) mass is 1210 g/mol. The first-order valence-electron chi connectivity index (χ1n) is 22.0. The number of phenolic OH excluding ortho intramolecular Hbond substituents is 1. The number of nitrogens with zero attached hydrogens (tertiary/aromatic N) is 5. The molecule has 8 aromatic carbocycles. The number of amides is 1. The molecule has 0 heterocycles. The molecule has 8 rings (SSSR count). The van der Waals surface area contributed by atoms with Crippen LogP contribution in [0.5, 0.6) is 23.0 Å². The Bertz CT molecular complexity index is 3830. The number of halogens is 2. The fraction of sp³-hybridized carbons (Fsp3) is 0.115. The van der Waals surface area contributed by atoms with Crippen LogP contribution in [-0.2, 0) is 33.1 Å². The second kappa shape index (κ2) is 25.0. The van der Waals surface area contributed by atoms with Gasteiger partial charge < -0.3 is 30.1 Å². The van der Waals surface area contributed by atoms with Crippen molar-refractivity contribution in [3.63, 3.8) is 0 Å². The molecule has 23 heteroatoms. The summed E-state index contributed by atoms with van der Waals surface area (Å²) in [5.41, 5.74) is 0.732. The summed E-state index contributed by atoms with van der Waals surface area (Å²) in [6, 6.07) is 35.2. The van der Waals surface area contributed by atoms with Crippen LogP contribution >= 0.6 is 23.2 Å². The number of methoxy groups -OCH3 is 2. The van der Waals surface area contributed by atoms with Gasteiger partial charge in [0.1, 0.15) is 32.7 Å². The van der Waals surface area contributed by atoms with Crippen molar-refractivity contribution in [1.82, 2.24) is 0 Å². The number of aliphatic imine (C=N–C) groups is 1. The number of rotatable bonds is 14. The minimum absolute atomic E-state index is 0. The van der Waals surface area contributed by atoms with E-state index in [2.05, 4.69) is 30.8 Å². The predicted octanol–water partition coefficient (Wildman–Crippen LogP) is 11.5. The van der Waals surface area contributed by atoms with Crippen molar-refractivity contribution in [3.8, 4) is 23.0 Å². The molecule has 0 aliphatic heterocycles. The summed E-state index contributed by atoms with van der Waals surface area (Å²) in [4.78, 5) is 16.4. The van der Waals surface area contributed by atoms with Crippen LogP contribution in [0.2, 0.25) is 10.0 Å². The molecule has 0 radical (unpaired) electrons. The zero-order valence-corrected chi connectivity index (χ0v) is 47.7. The largest absolute Gasteiger partial charge is 2.00 e. The Morgan fingerprint density at radius 3 is 1.60 bits per heavy atom. The third-order valence-corrected chi connectivity index (χ3v) is 13.7. The Labute approximate surface area is 481 Å². The molecule has 1 amide bonds. The van der Waals surface area contributed by atoms with E-state index in [9.17, 15) is 46.1 Å². The van der Waals surface area contributed by atoms with Crippen molar-refractivity contribution >= 4 is 160 Å². The maximum Gasteiger partial charge on any atom is 2.00 e. The molecule has 18 nitrogen and oxygen atoms in total. The maximum absolute atomic E-state index is 13.4. The fourth-order valence-corrected chi connectivity index (χ4v) is 10.1. The number of benzene rings is 8. The summed E-state index contributed by atoms with van der Waals surface area (Å²) in [6.07, 6.45) is 0.515. The average molecular weight is 1220 g/mol. The normalized spacial score (nSPS) is 11.9. The zero-order valence-electron chi connectivity index (χ0n) is 40.1. The van der Waals surface area contributed by atoms with Crippen LogP contribution in [-0.4, -0.2) is 106 Å². The Balaban J connectivity index is 0.000000241. The van der Waals surface area contributed by atoms with Crippen molar-refractivity contribution in [2.24, 2.45) is 25.4 Å². The van der Waals surface area contributed by atoms with E-state index in [4.69, 9.17) is 32.7 Å². The molecular formula is C52H42BaCl2N6O12S2. The number of nitrogens with one attached hydrogen (secondary N) is 1. The van der Waals surface area contributed by atoms with Crippen molar-refractivity contribution in [2.75, 3.05) is 19.5 Å². The van der Waals surface area contributed by atoms with Crippen LogP contribution in [0.15, 0.2) is 169 Å². The summed E-state index contributed by atoms with van der Waals surface area (Å²) in [5.74, 6) is -1.73. The SMILES string of the molecule is CCc1c(Cl)cc(N=Nc2c(O)c(C(=O)Nc3ccccc3OC)cc3ccccc23)cc1S(=O)(=O)O.CCc1c(Cl)cc(N=Nc2c([O-])c(C([O-])=Nc3ccccc3OC)cc3ccccc23)cc1S(=O)(=O)O.[Ba+2]. The molecule has 75 heavy (non-hydrogen) atoms. The summed E-state index contributed by atoms with van der Waals surface area (Å²) >= 11 is 12.4. The van der Waals surface area contributed by atoms with E-state index in [0.29, 0.717) is 38.7 Å². The average Bonchev–Trinajstić information content (AvgIpc) is 3.37. The molecule has 0 fully saturated rings. The van der Waals surface area contributed by atoms with Gasteiger partial charge >= 0.3 is 48.9 Å². The molecule has 0 unspecified atom stereocenters. The first-order chi connectivity index (χ1) is 35.3. The van der Waals surface area contributed by atoms with Gasteiger partial charge in [0.15, 0.2) is 5.75 Å². The van der Waals surface area contributed by atoms with Crippen LogP contribution < -0.4 is 25.0 Å². The minimum Gasteiger partial charge on any atom is -0.871 e. The topological polar surface area (TPSA) is 284 Å². The summed E-state index contributed by atoms with van der Waals surface area (Å²) < 4.78 is 77.2. The number of azo groups is 2. The van der Waals surface area contributed by atoms with E-state index < -0.39 is 48.4 Å². The first kappa shape index (κ1) is 57.9. The smallest absolute Gasteiger partial charge is 0.871 e. The second-order valence-corrected chi connectivity index (χ2v) is 19.4. The van der Waals surface area contributed by atoms with Gasteiger partial charge in [-0.05, 0) is 107 Å². The van der Waals surface area contributed by atoms with E-state index in [1.807, 2.05) is 0 Å². The van der Waals surface area contributed by atoms with Gasteiger partial charge in [0.05, 0.1) is 42.5 Å². The van der Waals surface area contributed by atoms with Crippen molar-refractivity contribution in [1.29, 1.82) is 0 Å². The molecule has 0 aliphatic rings. The third kappa shape index (κ3) is 13.3. The van der Waals surface area contributed by atoms with Gasteiger partial charge in [-0.1, -0.05) is 116 Å². The Morgan fingerprint density at radius 2 is 1.08 bits per heavy atom. The van der Waals surface area contributed by atoms with Crippen LogP contribution in [0, 0.1) is 0 Å². The molecule has 0 saturated heterocycles. The van der Waals surface area contributed by atoms with Gasteiger partial charge in [0, 0.05) is 20.8 Å². The molecule has 0 aliphatic carbocycles. The summed E-state index contributed by atoms with van der Waals surface area (Å²) in [6.45, 7) is 3.38. The molecule has 8 aromatic rings. The maximum atomic E-state index is 13.4. The number of para-hydroxylation sites is 4. The van der Waals surface area contributed by atoms with Gasteiger partial charge in [-0.2, -0.15) is 32.2 Å². The van der Waals surface area contributed by atoms with E-state index in [1.165, 1.54) is 38.5 Å². The van der Waals surface area contributed by atoms with Gasteiger partial charge in [-0.3, -0.25) is 18.9 Å². The summed E-state index contributed by atoms with van der Waals surface area (Å²) in [5, 5.41) is 58.7. The molecule has 380 valence electrons. The van der Waals surface area contributed by atoms with Crippen LogP contribution in [0.25, 0.3) is 21.5 Å². The van der Waals surface area contributed by atoms with Crippen molar-refractivity contribution in [2.45, 2.75) is 36.5 Å². The molecule has 0 aromatic heterocycles. The number of carbonyl (C=O) groups excluding carboxylic acids is 1. The van der Waals surface area contributed by atoms with E-state index >= 15 is 0 Å². The Kier molecular flexibility index (Phi) is 19.3. The predicted molar refractivity (Wildman–Crippen MR) is 285 cm³/mol. The van der Waals surface area contributed by atoms with E-state index in [-0.39, 0.29) is 127 Å². The van der Waals surface area contributed by atoms with Crippen molar-refractivity contribution in [3.05, 3.63) is 166 Å². The molecule has 4 N–H and O–H groups in total. The number of fused-ring (bicyclic) bond motifs is 2. The number of carbonyl (C=O) groups is 1. The van der Waals surface area contributed by atoms with Crippen LogP contribution in [0.3, 0.4) is 0 Å². The number of ether oxygens (including phenoxy) is 2.